The predicted molar refractivity (Wildman–Crippen MR) is 117 cm³/mol. The van der Waals surface area contributed by atoms with Crippen LogP contribution in [0.25, 0.3) is 22.3 Å². The van der Waals surface area contributed by atoms with E-state index in [9.17, 15) is 10.1 Å². The Hall–Kier alpha value is -3.77. The summed E-state index contributed by atoms with van der Waals surface area (Å²) < 4.78 is 7.19. The average molecular weight is 429 g/mol. The highest BCUT2D eigenvalue weighted by atomic mass is 16.5. The second-order valence-corrected chi connectivity index (χ2v) is 7.95. The third-order valence-corrected chi connectivity index (χ3v) is 6.05. The van der Waals surface area contributed by atoms with Crippen molar-refractivity contribution in [3.05, 3.63) is 54.8 Å². The van der Waals surface area contributed by atoms with E-state index in [1.165, 1.54) is 6.33 Å². The third kappa shape index (κ3) is 3.81. The topological polar surface area (TPSA) is 113 Å². The van der Waals surface area contributed by atoms with E-state index in [-0.39, 0.29) is 17.9 Å². The molecule has 4 heterocycles. The molecular weight excluding hydrogens is 406 g/mol. The van der Waals surface area contributed by atoms with Gasteiger partial charge in [0.05, 0.1) is 43.6 Å². The van der Waals surface area contributed by atoms with Crippen LogP contribution in [0.3, 0.4) is 0 Å². The summed E-state index contributed by atoms with van der Waals surface area (Å²) in [6, 6.07) is 4.04. The van der Waals surface area contributed by atoms with Gasteiger partial charge < -0.3 is 14.6 Å². The Bertz CT molecular complexity index is 1230. The number of hydrogen-bond acceptors (Lipinski definition) is 6. The van der Waals surface area contributed by atoms with Crippen LogP contribution in [-0.4, -0.2) is 61.8 Å². The van der Waals surface area contributed by atoms with E-state index in [0.29, 0.717) is 39.1 Å². The van der Waals surface area contributed by atoms with Crippen LogP contribution >= 0.6 is 0 Å². The largest absolute Gasteiger partial charge is 0.378 e. The number of hydrogen-bond donors (Lipinski definition) is 1. The molecule has 2 atom stereocenters. The molecule has 1 N–H and O–H groups in total. The van der Waals surface area contributed by atoms with Crippen molar-refractivity contribution >= 4 is 16.9 Å². The molecule has 2 unspecified atom stereocenters. The number of nitriles is 1. The number of allylic oxidation sites excluding steroid dienone is 3. The quantitative estimate of drug-likeness (QED) is 0.667. The smallest absolute Gasteiger partial charge is 0.249 e. The molecule has 2 aliphatic rings. The zero-order valence-corrected chi connectivity index (χ0v) is 17.5. The molecule has 9 heteroatoms. The Labute approximate surface area is 185 Å². The van der Waals surface area contributed by atoms with Gasteiger partial charge in [0, 0.05) is 47.9 Å². The normalized spacial score (nSPS) is 19.5. The van der Waals surface area contributed by atoms with Gasteiger partial charge in [-0.3, -0.25) is 9.48 Å². The van der Waals surface area contributed by atoms with Crippen LogP contribution in [0, 0.1) is 17.2 Å². The first-order valence-electron chi connectivity index (χ1n) is 10.7. The van der Waals surface area contributed by atoms with Crippen molar-refractivity contribution in [2.45, 2.75) is 18.9 Å². The van der Waals surface area contributed by atoms with Crippen LogP contribution in [0.4, 0.5) is 0 Å². The summed E-state index contributed by atoms with van der Waals surface area (Å²) in [5.74, 6) is 0.0421. The monoisotopic (exact) mass is 429 g/mol. The van der Waals surface area contributed by atoms with E-state index in [1.54, 1.807) is 6.20 Å². The Morgan fingerprint density at radius 2 is 2.22 bits per heavy atom. The molecule has 32 heavy (non-hydrogen) atoms. The highest BCUT2D eigenvalue weighted by Crippen LogP contribution is 2.33. The Kier molecular flexibility index (Phi) is 5.52. The Balaban J connectivity index is 1.38. The van der Waals surface area contributed by atoms with Crippen LogP contribution in [-0.2, 0) is 9.53 Å². The van der Waals surface area contributed by atoms with Crippen LogP contribution < -0.4 is 0 Å². The summed E-state index contributed by atoms with van der Waals surface area (Å²) in [6.45, 7) is 2.37. The summed E-state index contributed by atoms with van der Waals surface area (Å²) in [5.41, 5.74) is 3.18. The zero-order valence-electron chi connectivity index (χ0n) is 17.5. The molecule has 3 aromatic rings. The van der Waals surface area contributed by atoms with Gasteiger partial charge in [-0.25, -0.2) is 9.97 Å². The average Bonchev–Trinajstić information content (AvgIpc) is 3.52. The maximum absolute atomic E-state index is 13.0. The van der Waals surface area contributed by atoms with Crippen LogP contribution in [0.15, 0.2) is 54.8 Å². The number of aromatic amines is 1. The highest BCUT2D eigenvalue weighted by molar-refractivity contribution is 5.94. The van der Waals surface area contributed by atoms with E-state index in [1.807, 2.05) is 40.2 Å². The molecule has 9 nitrogen and oxygen atoms in total. The van der Waals surface area contributed by atoms with Crippen molar-refractivity contribution in [3.8, 4) is 17.3 Å². The van der Waals surface area contributed by atoms with E-state index in [2.05, 4.69) is 32.2 Å². The summed E-state index contributed by atoms with van der Waals surface area (Å²) in [7, 11) is 0. The molecule has 162 valence electrons. The minimum Gasteiger partial charge on any atom is -0.378 e. The molecule has 1 amide bonds. The number of nitrogens with one attached hydrogen (secondary N) is 1. The molecule has 0 bridgehead atoms. The number of carbonyl (C=O) groups excluding carboxylic acids is 1. The van der Waals surface area contributed by atoms with E-state index >= 15 is 0 Å². The first-order valence-corrected chi connectivity index (χ1v) is 10.7. The fourth-order valence-corrected chi connectivity index (χ4v) is 4.38. The lowest BCUT2D eigenvalue weighted by Gasteiger charge is -2.31. The number of rotatable bonds is 5. The van der Waals surface area contributed by atoms with E-state index in [0.717, 1.165) is 27.9 Å². The molecule has 1 aliphatic carbocycles. The van der Waals surface area contributed by atoms with Gasteiger partial charge in [-0.15, -0.1) is 0 Å². The molecule has 0 spiro atoms. The van der Waals surface area contributed by atoms with Gasteiger partial charge in [0.25, 0.3) is 0 Å². The van der Waals surface area contributed by atoms with Gasteiger partial charge in [0.1, 0.15) is 12.0 Å². The SMILES string of the molecule is N#CCC(C1C=CC=C(C(=O)N2CCOCC2)C1)n1cc(-c2ncnc3[nH]ccc23)cn1. The predicted octanol–water partition coefficient (Wildman–Crippen LogP) is 2.64. The second kappa shape index (κ2) is 8.77. The van der Waals surface area contributed by atoms with Crippen molar-refractivity contribution in [3.63, 3.8) is 0 Å². The van der Waals surface area contributed by atoms with Crippen LogP contribution in [0.2, 0.25) is 0 Å². The lowest BCUT2D eigenvalue weighted by Crippen LogP contribution is -2.42. The maximum atomic E-state index is 13.0. The number of carbonyl (C=O) groups is 1. The van der Waals surface area contributed by atoms with Crippen molar-refractivity contribution < 1.29 is 9.53 Å². The summed E-state index contributed by atoms with van der Waals surface area (Å²) in [5, 5.41) is 15.0. The number of ether oxygens (including phenoxy) is 1. The van der Waals surface area contributed by atoms with Gasteiger partial charge in [0.15, 0.2) is 0 Å². The summed E-state index contributed by atoms with van der Waals surface area (Å²) in [4.78, 5) is 26.6. The lowest BCUT2D eigenvalue weighted by molar-refractivity contribution is -0.131. The molecule has 1 aliphatic heterocycles. The highest BCUT2D eigenvalue weighted by Gasteiger charge is 2.29. The van der Waals surface area contributed by atoms with Crippen molar-refractivity contribution in [2.24, 2.45) is 5.92 Å². The number of aromatic nitrogens is 5. The van der Waals surface area contributed by atoms with Gasteiger partial charge in [-0.2, -0.15) is 10.4 Å². The fourth-order valence-electron chi connectivity index (χ4n) is 4.38. The van der Waals surface area contributed by atoms with Crippen molar-refractivity contribution in [1.29, 1.82) is 5.26 Å². The molecule has 1 fully saturated rings. The van der Waals surface area contributed by atoms with Gasteiger partial charge in [0.2, 0.25) is 5.91 Å². The Morgan fingerprint density at radius 3 is 3.06 bits per heavy atom. The van der Waals surface area contributed by atoms with Crippen LogP contribution in [0.5, 0.6) is 0 Å². The number of H-pyrrole nitrogens is 1. The van der Waals surface area contributed by atoms with Crippen molar-refractivity contribution in [1.82, 2.24) is 29.6 Å². The maximum Gasteiger partial charge on any atom is 0.249 e. The van der Waals surface area contributed by atoms with Crippen LogP contribution in [0.1, 0.15) is 18.9 Å². The molecule has 5 rings (SSSR count). The number of nitrogens with zero attached hydrogens (tertiary/aromatic N) is 6. The number of amides is 1. The molecular formula is C23H23N7O2. The van der Waals surface area contributed by atoms with Gasteiger partial charge >= 0.3 is 0 Å². The molecule has 0 aromatic carbocycles. The minimum atomic E-state index is -0.185. The fraction of sp³-hybridized carbons (Fsp3) is 0.348. The number of fused-ring (bicyclic) bond motifs is 1. The lowest BCUT2D eigenvalue weighted by atomic mass is 9.86. The number of morpholine rings is 1. The summed E-state index contributed by atoms with van der Waals surface area (Å²) in [6.07, 6.45) is 13.8. The zero-order chi connectivity index (χ0) is 21.9. The van der Waals surface area contributed by atoms with Gasteiger partial charge in [-0.05, 0) is 12.5 Å². The van der Waals surface area contributed by atoms with Gasteiger partial charge in [-0.1, -0.05) is 18.2 Å². The Morgan fingerprint density at radius 1 is 1.34 bits per heavy atom. The first kappa shape index (κ1) is 20.2. The standard InChI is InChI=1S/C23H23N7O2/c24-6-4-20(16-2-1-3-17(12-16)23(31)29-8-10-32-11-9-29)30-14-18(13-28-30)21-19-5-7-25-22(19)27-15-26-21/h1-3,5,7,13-16,20H,4,8-12H2,(H,25,26,27). The summed E-state index contributed by atoms with van der Waals surface area (Å²) >= 11 is 0. The molecule has 1 saturated heterocycles. The third-order valence-electron chi connectivity index (χ3n) is 6.05. The molecule has 3 aromatic heterocycles. The molecule has 0 saturated carbocycles. The van der Waals surface area contributed by atoms with Crippen molar-refractivity contribution in [2.75, 3.05) is 26.3 Å². The van der Waals surface area contributed by atoms with E-state index in [4.69, 9.17) is 4.74 Å². The first-order chi connectivity index (χ1) is 15.7. The molecule has 0 radical (unpaired) electrons. The second-order valence-electron chi connectivity index (χ2n) is 7.95. The van der Waals surface area contributed by atoms with E-state index < -0.39 is 0 Å². The minimum absolute atomic E-state index is 0.00920.